The molecule has 2 N–H and O–H groups in total. The van der Waals surface area contributed by atoms with E-state index in [4.69, 9.17) is 0 Å². The van der Waals surface area contributed by atoms with E-state index >= 15 is 0 Å². The van der Waals surface area contributed by atoms with Gasteiger partial charge in [0.25, 0.3) is 5.91 Å². The highest BCUT2D eigenvalue weighted by molar-refractivity contribution is 6.03. The van der Waals surface area contributed by atoms with E-state index in [1.807, 2.05) is 71.0 Å². The second-order valence-corrected chi connectivity index (χ2v) is 7.65. The van der Waals surface area contributed by atoms with Crippen molar-refractivity contribution in [3.8, 4) is 0 Å². The van der Waals surface area contributed by atoms with E-state index in [-0.39, 0.29) is 17.5 Å². The topological polar surface area (TPSA) is 76.0 Å². The van der Waals surface area contributed by atoms with Gasteiger partial charge < -0.3 is 10.6 Å². The Morgan fingerprint density at radius 2 is 1.43 bits per heavy atom. The lowest BCUT2D eigenvalue weighted by molar-refractivity contribution is -0.119. The number of carbonyl (C=O) groups is 2. The minimum Gasteiger partial charge on any atom is -0.324 e. The Bertz CT molecular complexity index is 1080. The van der Waals surface area contributed by atoms with E-state index in [0.717, 1.165) is 28.1 Å². The average molecular weight is 405 g/mol. The van der Waals surface area contributed by atoms with E-state index < -0.39 is 6.04 Å². The monoisotopic (exact) mass is 404 g/mol. The molecule has 0 aliphatic rings. The standard InChI is InChI=1S/C24H28N4O2/c1-6-22(24(30)26-20-10-8-16(3)18(5)14-20)28-12-11-21(27-28)23(29)25-19-9-7-15(2)17(4)13-19/h7-14,22H,6H2,1-5H3,(H,25,29)(H,26,30)/t22-/m0/s1. The molecule has 0 radical (unpaired) electrons. The van der Waals surface area contributed by atoms with Crippen LogP contribution in [-0.2, 0) is 4.79 Å². The maximum absolute atomic E-state index is 12.8. The molecule has 0 saturated heterocycles. The number of aromatic nitrogens is 2. The van der Waals surface area contributed by atoms with E-state index in [9.17, 15) is 9.59 Å². The minimum atomic E-state index is -0.505. The van der Waals surface area contributed by atoms with Crippen LogP contribution in [0.2, 0.25) is 0 Å². The van der Waals surface area contributed by atoms with Crippen LogP contribution in [0.15, 0.2) is 48.7 Å². The molecule has 156 valence electrons. The average Bonchev–Trinajstić information content (AvgIpc) is 3.18. The summed E-state index contributed by atoms with van der Waals surface area (Å²) in [6.45, 7) is 9.98. The van der Waals surface area contributed by atoms with Gasteiger partial charge in [-0.3, -0.25) is 14.3 Å². The van der Waals surface area contributed by atoms with Gasteiger partial charge in [-0.1, -0.05) is 19.1 Å². The molecule has 1 aromatic heterocycles. The Balaban J connectivity index is 1.71. The first kappa shape index (κ1) is 21.3. The molecule has 0 bridgehead atoms. The van der Waals surface area contributed by atoms with Crippen molar-refractivity contribution in [2.45, 2.75) is 47.1 Å². The van der Waals surface area contributed by atoms with Gasteiger partial charge in [0.2, 0.25) is 5.91 Å². The molecule has 0 unspecified atom stereocenters. The predicted octanol–water partition coefficient (Wildman–Crippen LogP) is 4.96. The molecule has 0 saturated carbocycles. The minimum absolute atomic E-state index is 0.162. The zero-order valence-corrected chi connectivity index (χ0v) is 18.1. The fraction of sp³-hybridized carbons (Fsp3) is 0.292. The van der Waals surface area contributed by atoms with Crippen LogP contribution in [-0.4, -0.2) is 21.6 Å². The second kappa shape index (κ2) is 8.95. The zero-order valence-electron chi connectivity index (χ0n) is 18.1. The molecule has 0 aliphatic carbocycles. The normalized spacial score (nSPS) is 11.8. The van der Waals surface area contributed by atoms with Crippen LogP contribution < -0.4 is 10.6 Å². The molecule has 3 rings (SSSR count). The van der Waals surface area contributed by atoms with E-state index in [0.29, 0.717) is 6.42 Å². The van der Waals surface area contributed by atoms with Gasteiger partial charge in [-0.25, -0.2) is 0 Å². The molecular formula is C24H28N4O2. The summed E-state index contributed by atoms with van der Waals surface area (Å²) in [5.41, 5.74) is 6.30. The highest BCUT2D eigenvalue weighted by Crippen LogP contribution is 2.19. The fourth-order valence-corrected chi connectivity index (χ4v) is 3.18. The summed E-state index contributed by atoms with van der Waals surface area (Å²) < 4.78 is 1.55. The quantitative estimate of drug-likeness (QED) is 0.610. The molecule has 0 fully saturated rings. The summed E-state index contributed by atoms with van der Waals surface area (Å²) in [5.74, 6) is -0.466. The zero-order chi connectivity index (χ0) is 21.8. The lowest BCUT2D eigenvalue weighted by atomic mass is 10.1. The first-order chi connectivity index (χ1) is 14.3. The molecule has 1 heterocycles. The maximum Gasteiger partial charge on any atom is 0.276 e. The summed E-state index contributed by atoms with van der Waals surface area (Å²) in [5, 5.41) is 10.2. The number of rotatable bonds is 6. The summed E-state index contributed by atoms with van der Waals surface area (Å²) in [6, 6.07) is 12.7. The highest BCUT2D eigenvalue weighted by atomic mass is 16.2. The van der Waals surface area contributed by atoms with Crippen LogP contribution in [0.4, 0.5) is 11.4 Å². The van der Waals surface area contributed by atoms with Crippen LogP contribution in [0.25, 0.3) is 0 Å². The van der Waals surface area contributed by atoms with Crippen molar-refractivity contribution in [1.29, 1.82) is 0 Å². The number of carbonyl (C=O) groups excluding carboxylic acids is 2. The fourth-order valence-electron chi connectivity index (χ4n) is 3.18. The van der Waals surface area contributed by atoms with Gasteiger partial charge in [-0.05, 0) is 86.7 Å². The Hall–Kier alpha value is -3.41. The van der Waals surface area contributed by atoms with Gasteiger partial charge in [-0.15, -0.1) is 0 Å². The van der Waals surface area contributed by atoms with Crippen molar-refractivity contribution in [2.24, 2.45) is 0 Å². The maximum atomic E-state index is 12.8. The van der Waals surface area contributed by atoms with Crippen molar-refractivity contribution >= 4 is 23.2 Å². The Labute approximate surface area is 177 Å². The Kier molecular flexibility index (Phi) is 6.35. The summed E-state index contributed by atoms with van der Waals surface area (Å²) in [4.78, 5) is 25.4. The SMILES string of the molecule is CC[C@@H](C(=O)Nc1ccc(C)c(C)c1)n1ccc(C(=O)Nc2ccc(C)c(C)c2)n1. The highest BCUT2D eigenvalue weighted by Gasteiger charge is 2.21. The third-order valence-corrected chi connectivity index (χ3v) is 5.39. The van der Waals surface area contributed by atoms with Gasteiger partial charge in [-0.2, -0.15) is 5.10 Å². The van der Waals surface area contributed by atoms with Gasteiger partial charge in [0.15, 0.2) is 5.69 Å². The van der Waals surface area contributed by atoms with Crippen LogP contribution in [0.5, 0.6) is 0 Å². The summed E-state index contributed by atoms with van der Waals surface area (Å²) >= 11 is 0. The van der Waals surface area contributed by atoms with Gasteiger partial charge in [0.1, 0.15) is 6.04 Å². The number of hydrogen-bond acceptors (Lipinski definition) is 3. The van der Waals surface area contributed by atoms with E-state index in [1.54, 1.807) is 16.9 Å². The first-order valence-corrected chi connectivity index (χ1v) is 10.1. The van der Waals surface area contributed by atoms with Crippen LogP contribution in [0.1, 0.15) is 52.1 Å². The smallest absolute Gasteiger partial charge is 0.276 e. The number of nitrogens with one attached hydrogen (secondary N) is 2. The van der Waals surface area contributed by atoms with E-state index in [2.05, 4.69) is 15.7 Å². The van der Waals surface area contributed by atoms with Crippen molar-refractivity contribution in [1.82, 2.24) is 9.78 Å². The molecule has 2 aromatic carbocycles. The van der Waals surface area contributed by atoms with Gasteiger partial charge >= 0.3 is 0 Å². The summed E-state index contributed by atoms with van der Waals surface area (Å²) in [7, 11) is 0. The number of anilines is 2. The molecular weight excluding hydrogens is 376 g/mol. The predicted molar refractivity (Wildman–Crippen MR) is 120 cm³/mol. The van der Waals surface area contributed by atoms with Gasteiger partial charge in [0, 0.05) is 17.6 Å². The van der Waals surface area contributed by atoms with Crippen LogP contribution in [0.3, 0.4) is 0 Å². The second-order valence-electron chi connectivity index (χ2n) is 7.65. The molecule has 0 spiro atoms. The third kappa shape index (κ3) is 4.76. The number of aryl methyl sites for hydroxylation is 4. The Morgan fingerprint density at radius 3 is 1.97 bits per heavy atom. The van der Waals surface area contributed by atoms with Crippen LogP contribution >= 0.6 is 0 Å². The largest absolute Gasteiger partial charge is 0.324 e. The molecule has 0 aliphatic heterocycles. The Morgan fingerprint density at radius 1 is 0.867 bits per heavy atom. The van der Waals surface area contributed by atoms with E-state index in [1.165, 1.54) is 5.56 Å². The first-order valence-electron chi connectivity index (χ1n) is 10.1. The number of hydrogen-bond donors (Lipinski definition) is 2. The van der Waals surface area contributed by atoms with Crippen LogP contribution in [0, 0.1) is 27.7 Å². The lowest BCUT2D eigenvalue weighted by Gasteiger charge is -2.16. The number of amides is 2. The molecule has 1 atom stereocenters. The van der Waals surface area contributed by atoms with Crippen molar-refractivity contribution in [3.63, 3.8) is 0 Å². The van der Waals surface area contributed by atoms with Crippen molar-refractivity contribution in [3.05, 3.63) is 76.6 Å². The molecule has 6 heteroatoms. The number of nitrogens with zero attached hydrogens (tertiary/aromatic N) is 2. The van der Waals surface area contributed by atoms with Crippen molar-refractivity contribution < 1.29 is 9.59 Å². The molecule has 6 nitrogen and oxygen atoms in total. The molecule has 30 heavy (non-hydrogen) atoms. The number of benzene rings is 2. The molecule has 2 amide bonds. The third-order valence-electron chi connectivity index (χ3n) is 5.39. The summed E-state index contributed by atoms with van der Waals surface area (Å²) in [6.07, 6.45) is 2.22. The lowest BCUT2D eigenvalue weighted by Crippen LogP contribution is -2.26. The van der Waals surface area contributed by atoms with Crippen molar-refractivity contribution in [2.75, 3.05) is 10.6 Å². The van der Waals surface area contributed by atoms with Gasteiger partial charge in [0.05, 0.1) is 0 Å². The molecule has 3 aromatic rings.